The summed E-state index contributed by atoms with van der Waals surface area (Å²) in [5, 5.41) is 3.68. The van der Waals surface area contributed by atoms with Gasteiger partial charge >= 0.3 is 0 Å². The minimum Gasteiger partial charge on any atom is -0.445 e. The molecule has 0 aliphatic rings. The van der Waals surface area contributed by atoms with E-state index in [1.807, 2.05) is 30.3 Å². The molecule has 8 heteroatoms. The van der Waals surface area contributed by atoms with Crippen LogP contribution >= 0.6 is 0 Å². The Bertz CT molecular complexity index is 955. The van der Waals surface area contributed by atoms with E-state index < -0.39 is 10.0 Å². The molecule has 3 aromatic rings. The monoisotopic (exact) mass is 361 g/mol. The highest BCUT2D eigenvalue weighted by atomic mass is 32.2. The van der Waals surface area contributed by atoms with E-state index in [1.54, 1.807) is 20.8 Å². The van der Waals surface area contributed by atoms with E-state index in [0.29, 0.717) is 23.8 Å². The zero-order chi connectivity index (χ0) is 18.0. The van der Waals surface area contributed by atoms with Crippen LogP contribution in [0.25, 0.3) is 11.3 Å². The number of nitrogens with one attached hydrogen (secondary N) is 1. The van der Waals surface area contributed by atoms with Gasteiger partial charge in [-0.25, -0.2) is 18.1 Å². The van der Waals surface area contributed by atoms with Crippen LogP contribution in [0.2, 0.25) is 0 Å². The lowest BCUT2D eigenvalue weighted by atomic mass is 10.1. The first-order valence-electron chi connectivity index (χ1n) is 7.83. The third kappa shape index (κ3) is 3.64. The summed E-state index contributed by atoms with van der Waals surface area (Å²) in [6.07, 6.45) is 0.383. The van der Waals surface area contributed by atoms with E-state index in [2.05, 4.69) is 14.9 Å². The zero-order valence-corrected chi connectivity index (χ0v) is 15.1. The third-order valence-corrected chi connectivity index (χ3v) is 5.44. The molecule has 132 valence electrons. The zero-order valence-electron chi connectivity index (χ0n) is 14.2. The summed E-state index contributed by atoms with van der Waals surface area (Å²) in [5.74, 6) is 1.46. The molecule has 1 N–H and O–H groups in total. The summed E-state index contributed by atoms with van der Waals surface area (Å²) in [5.41, 5.74) is 2.00. The molecule has 0 aliphatic heterocycles. The van der Waals surface area contributed by atoms with Gasteiger partial charge in [0.2, 0.25) is 10.0 Å². The normalized spacial score (nSPS) is 11.8. The predicted octanol–water partition coefficient (Wildman–Crippen LogP) is 2.78. The molecule has 3 rings (SSSR count). The van der Waals surface area contributed by atoms with Gasteiger partial charge in [-0.2, -0.15) is 0 Å². The van der Waals surface area contributed by atoms with Crippen LogP contribution in [0.5, 0.6) is 0 Å². The van der Waals surface area contributed by atoms with E-state index >= 15 is 0 Å². The third-order valence-electron chi connectivity index (χ3n) is 3.73. The molecule has 7 nitrogen and oxygen atoms in total. The SMILES string of the molecule is Cc1nc(-c2ccccc2)c(CCNS(=O)(=O)c2c(C)noc2C)o1. The molecule has 0 aliphatic carbocycles. The lowest BCUT2D eigenvalue weighted by molar-refractivity contribution is 0.390. The smallest absolute Gasteiger partial charge is 0.245 e. The molecular formula is C17H19N3O4S. The summed E-state index contributed by atoms with van der Waals surface area (Å²) in [4.78, 5) is 4.49. The van der Waals surface area contributed by atoms with Crippen molar-refractivity contribution in [2.45, 2.75) is 32.1 Å². The molecule has 2 aromatic heterocycles. The number of aryl methyl sites for hydroxylation is 3. The molecular weight excluding hydrogens is 342 g/mol. The van der Waals surface area contributed by atoms with Crippen molar-refractivity contribution in [1.82, 2.24) is 14.9 Å². The molecule has 0 bridgehead atoms. The second-order valence-electron chi connectivity index (χ2n) is 5.67. The molecule has 0 unspecified atom stereocenters. The average molecular weight is 361 g/mol. The van der Waals surface area contributed by atoms with Crippen LogP contribution in [-0.2, 0) is 16.4 Å². The highest BCUT2D eigenvalue weighted by molar-refractivity contribution is 7.89. The van der Waals surface area contributed by atoms with Gasteiger partial charge in [-0.3, -0.25) is 0 Å². The van der Waals surface area contributed by atoms with Crippen molar-refractivity contribution in [1.29, 1.82) is 0 Å². The molecule has 0 spiro atoms. The topological polar surface area (TPSA) is 98.2 Å². The van der Waals surface area contributed by atoms with E-state index in [-0.39, 0.29) is 17.2 Å². The van der Waals surface area contributed by atoms with Crippen LogP contribution in [0.4, 0.5) is 0 Å². The standard InChI is InChI=1S/C17H19N3O4S/c1-11-17(12(2)24-20-11)25(21,22)18-10-9-15-16(19-13(3)23-15)14-7-5-4-6-8-14/h4-8,18H,9-10H2,1-3H3. The maximum absolute atomic E-state index is 12.4. The minimum atomic E-state index is -3.69. The largest absolute Gasteiger partial charge is 0.445 e. The van der Waals surface area contributed by atoms with E-state index in [0.717, 1.165) is 11.3 Å². The fourth-order valence-corrected chi connectivity index (χ4v) is 4.05. The number of benzene rings is 1. The van der Waals surface area contributed by atoms with Crippen molar-refractivity contribution in [3.63, 3.8) is 0 Å². The van der Waals surface area contributed by atoms with Gasteiger partial charge in [0.05, 0.1) is 0 Å². The Kier molecular flexibility index (Phi) is 4.73. The van der Waals surface area contributed by atoms with Crippen molar-refractivity contribution in [3.05, 3.63) is 53.4 Å². The molecule has 1 aromatic carbocycles. The number of nitrogens with zero attached hydrogens (tertiary/aromatic N) is 2. The Hall–Kier alpha value is -2.45. The highest BCUT2D eigenvalue weighted by Gasteiger charge is 2.24. The Morgan fingerprint density at radius 1 is 1.12 bits per heavy atom. The molecule has 0 atom stereocenters. The maximum atomic E-state index is 12.4. The molecule has 0 saturated carbocycles. The number of hydrogen-bond donors (Lipinski definition) is 1. The second kappa shape index (κ2) is 6.81. The van der Waals surface area contributed by atoms with Gasteiger partial charge in [0, 0.05) is 25.5 Å². The molecule has 0 radical (unpaired) electrons. The minimum absolute atomic E-state index is 0.0875. The summed E-state index contributed by atoms with van der Waals surface area (Å²) in [6, 6.07) is 9.64. The second-order valence-corrected chi connectivity index (χ2v) is 7.38. The van der Waals surface area contributed by atoms with E-state index in [9.17, 15) is 8.42 Å². The van der Waals surface area contributed by atoms with Crippen molar-refractivity contribution in [3.8, 4) is 11.3 Å². The van der Waals surface area contributed by atoms with Gasteiger partial charge in [-0.05, 0) is 13.8 Å². The van der Waals surface area contributed by atoms with Crippen LogP contribution in [-0.4, -0.2) is 25.1 Å². The lowest BCUT2D eigenvalue weighted by Gasteiger charge is -2.06. The van der Waals surface area contributed by atoms with Crippen LogP contribution in [0.3, 0.4) is 0 Å². The van der Waals surface area contributed by atoms with Gasteiger partial charge in [0.1, 0.15) is 22.0 Å². The van der Waals surface area contributed by atoms with Crippen LogP contribution < -0.4 is 4.72 Å². The number of aromatic nitrogens is 2. The first kappa shape index (κ1) is 17.4. The van der Waals surface area contributed by atoms with Crippen molar-refractivity contribution < 1.29 is 17.4 Å². The number of oxazole rings is 1. The Morgan fingerprint density at radius 3 is 2.48 bits per heavy atom. The van der Waals surface area contributed by atoms with Crippen molar-refractivity contribution in [2.24, 2.45) is 0 Å². The quantitative estimate of drug-likeness (QED) is 0.725. The van der Waals surface area contributed by atoms with Crippen LogP contribution in [0.15, 0.2) is 44.2 Å². The Morgan fingerprint density at radius 2 is 1.84 bits per heavy atom. The van der Waals surface area contributed by atoms with E-state index in [1.165, 1.54) is 0 Å². The lowest BCUT2D eigenvalue weighted by Crippen LogP contribution is -2.26. The molecule has 2 heterocycles. The highest BCUT2D eigenvalue weighted by Crippen LogP contribution is 2.24. The molecule has 0 fully saturated rings. The Balaban J connectivity index is 1.75. The average Bonchev–Trinajstić information content (AvgIpc) is 3.10. The fourth-order valence-electron chi connectivity index (χ4n) is 2.69. The maximum Gasteiger partial charge on any atom is 0.245 e. The van der Waals surface area contributed by atoms with Gasteiger partial charge in [-0.1, -0.05) is 35.5 Å². The van der Waals surface area contributed by atoms with E-state index in [4.69, 9.17) is 8.94 Å². The molecule has 25 heavy (non-hydrogen) atoms. The van der Waals surface area contributed by atoms with Gasteiger partial charge < -0.3 is 8.94 Å². The molecule has 0 amide bonds. The first-order valence-corrected chi connectivity index (χ1v) is 9.31. The summed E-state index contributed by atoms with van der Waals surface area (Å²) in [7, 11) is -3.69. The first-order chi connectivity index (χ1) is 11.9. The number of sulfonamides is 1. The Labute approximate surface area is 146 Å². The van der Waals surface area contributed by atoms with Crippen LogP contribution in [0, 0.1) is 20.8 Å². The fraction of sp³-hybridized carbons (Fsp3) is 0.294. The van der Waals surface area contributed by atoms with Gasteiger partial charge in [0.25, 0.3) is 0 Å². The summed E-state index contributed by atoms with van der Waals surface area (Å²) in [6.45, 7) is 5.12. The number of rotatable bonds is 6. The van der Waals surface area contributed by atoms with Crippen molar-refractivity contribution >= 4 is 10.0 Å². The molecule has 0 saturated heterocycles. The van der Waals surface area contributed by atoms with Gasteiger partial charge in [0.15, 0.2) is 11.7 Å². The van der Waals surface area contributed by atoms with Crippen LogP contribution in [0.1, 0.15) is 23.1 Å². The predicted molar refractivity (Wildman–Crippen MR) is 91.5 cm³/mol. The van der Waals surface area contributed by atoms with Gasteiger partial charge in [-0.15, -0.1) is 0 Å². The summed E-state index contributed by atoms with van der Waals surface area (Å²) < 4.78 is 38.0. The summed E-state index contributed by atoms with van der Waals surface area (Å²) >= 11 is 0. The van der Waals surface area contributed by atoms with Crippen molar-refractivity contribution in [2.75, 3.05) is 6.54 Å². The number of hydrogen-bond acceptors (Lipinski definition) is 6.